The molecule has 3 nitrogen and oxygen atoms in total. The Morgan fingerprint density at radius 1 is 1.04 bits per heavy atom. The lowest BCUT2D eigenvalue weighted by Crippen LogP contribution is -2.16. The van der Waals surface area contributed by atoms with Crippen molar-refractivity contribution in [3.05, 3.63) is 54.2 Å². The Morgan fingerprint density at radius 3 is 2.35 bits per heavy atom. The van der Waals surface area contributed by atoms with Crippen molar-refractivity contribution in [1.82, 2.24) is 9.78 Å². The predicted octanol–water partition coefficient (Wildman–Crippen LogP) is 4.95. The van der Waals surface area contributed by atoms with Gasteiger partial charge < -0.3 is 0 Å². The molecule has 3 heteroatoms. The predicted molar refractivity (Wildman–Crippen MR) is 94.6 cm³/mol. The number of fused-ring (bicyclic) bond motifs is 1. The Bertz CT molecular complexity index is 854. The number of nitrogens with zero attached hydrogens (tertiary/aromatic N) is 2. The molecule has 1 heterocycles. The van der Waals surface area contributed by atoms with Crippen molar-refractivity contribution in [2.75, 3.05) is 0 Å². The van der Waals surface area contributed by atoms with Crippen LogP contribution >= 0.6 is 0 Å². The summed E-state index contributed by atoms with van der Waals surface area (Å²) < 4.78 is 1.96. The molecule has 23 heavy (non-hydrogen) atoms. The van der Waals surface area contributed by atoms with E-state index in [2.05, 4.69) is 56.2 Å². The summed E-state index contributed by atoms with van der Waals surface area (Å²) in [5, 5.41) is 5.51. The normalized spacial score (nSPS) is 11.8. The fourth-order valence-corrected chi connectivity index (χ4v) is 2.82. The van der Waals surface area contributed by atoms with E-state index >= 15 is 0 Å². The number of carbonyl (C=O) groups excluding carboxylic acids is 1. The monoisotopic (exact) mass is 306 g/mol. The number of rotatable bonds is 3. The number of benzene rings is 2. The molecule has 0 fully saturated rings. The third kappa shape index (κ3) is 3.19. The zero-order chi connectivity index (χ0) is 16.6. The molecule has 0 saturated heterocycles. The molecular weight excluding hydrogens is 284 g/mol. The highest BCUT2D eigenvalue weighted by Crippen LogP contribution is 2.28. The fraction of sp³-hybridized carbons (Fsp3) is 0.300. The Hall–Kier alpha value is -2.42. The molecular formula is C20H22N2O. The van der Waals surface area contributed by atoms with Crippen LogP contribution in [0.5, 0.6) is 0 Å². The van der Waals surface area contributed by atoms with Gasteiger partial charge in [-0.2, -0.15) is 5.10 Å². The van der Waals surface area contributed by atoms with E-state index in [1.807, 2.05) is 22.9 Å². The molecule has 0 N–H and O–H groups in total. The first-order valence-electron chi connectivity index (χ1n) is 7.92. The summed E-state index contributed by atoms with van der Waals surface area (Å²) >= 11 is 0. The van der Waals surface area contributed by atoms with Crippen LogP contribution in [0.25, 0.3) is 22.0 Å². The third-order valence-electron chi connectivity index (χ3n) is 3.82. The van der Waals surface area contributed by atoms with Crippen LogP contribution in [0.1, 0.15) is 38.2 Å². The highest BCUT2D eigenvalue weighted by atomic mass is 16.1. The van der Waals surface area contributed by atoms with Gasteiger partial charge in [-0.3, -0.25) is 9.48 Å². The van der Waals surface area contributed by atoms with E-state index < -0.39 is 0 Å². The zero-order valence-electron chi connectivity index (χ0n) is 14.1. The van der Waals surface area contributed by atoms with Gasteiger partial charge in [0, 0.05) is 18.9 Å². The summed E-state index contributed by atoms with van der Waals surface area (Å²) in [4.78, 5) is 12.0. The molecule has 0 aliphatic carbocycles. The van der Waals surface area contributed by atoms with Crippen molar-refractivity contribution in [2.24, 2.45) is 5.41 Å². The number of carbonyl (C=O) groups is 1. The Balaban J connectivity index is 2.18. The lowest BCUT2D eigenvalue weighted by atomic mass is 9.97. The minimum Gasteiger partial charge on any atom is -0.293 e. The molecule has 0 radical (unpaired) electrons. The number of ketones is 1. The minimum atomic E-state index is 0.00729. The SMILES string of the molecule is CC(=O)c1nn(CC(C)(C)C)c2ccc(-c3ccccc3)cc12. The number of Topliss-reactive ketones (excluding diaryl/α,β-unsaturated/α-hetero) is 1. The van der Waals surface area contributed by atoms with Gasteiger partial charge in [0.25, 0.3) is 0 Å². The van der Waals surface area contributed by atoms with Gasteiger partial charge in [-0.25, -0.2) is 0 Å². The van der Waals surface area contributed by atoms with Crippen LogP contribution < -0.4 is 0 Å². The van der Waals surface area contributed by atoms with E-state index in [9.17, 15) is 4.79 Å². The Labute approximate surface area is 136 Å². The largest absolute Gasteiger partial charge is 0.293 e. The maximum atomic E-state index is 12.0. The highest BCUT2D eigenvalue weighted by Gasteiger charge is 2.19. The topological polar surface area (TPSA) is 34.9 Å². The molecule has 0 spiro atoms. The molecule has 3 rings (SSSR count). The van der Waals surface area contributed by atoms with Crippen molar-refractivity contribution < 1.29 is 4.79 Å². The van der Waals surface area contributed by atoms with Crippen molar-refractivity contribution >= 4 is 16.7 Å². The molecule has 0 aliphatic heterocycles. The first-order chi connectivity index (χ1) is 10.8. The smallest absolute Gasteiger partial charge is 0.180 e. The average Bonchev–Trinajstić information content (AvgIpc) is 2.84. The molecule has 0 amide bonds. The molecule has 0 saturated carbocycles. The van der Waals surface area contributed by atoms with E-state index in [0.29, 0.717) is 5.69 Å². The van der Waals surface area contributed by atoms with Gasteiger partial charge in [-0.15, -0.1) is 0 Å². The molecule has 0 unspecified atom stereocenters. The second kappa shape index (κ2) is 5.65. The number of hydrogen-bond acceptors (Lipinski definition) is 2. The first kappa shape index (κ1) is 15.5. The van der Waals surface area contributed by atoms with Crippen molar-refractivity contribution in [2.45, 2.75) is 34.2 Å². The van der Waals surface area contributed by atoms with Gasteiger partial charge in [-0.05, 0) is 28.7 Å². The summed E-state index contributed by atoms with van der Waals surface area (Å²) in [6, 6.07) is 16.5. The molecule has 1 aromatic heterocycles. The second-order valence-electron chi connectivity index (χ2n) is 7.22. The van der Waals surface area contributed by atoms with Crippen LogP contribution in [-0.2, 0) is 6.54 Å². The molecule has 0 bridgehead atoms. The van der Waals surface area contributed by atoms with E-state index in [1.54, 1.807) is 6.92 Å². The van der Waals surface area contributed by atoms with Gasteiger partial charge in [0.1, 0.15) is 5.69 Å². The maximum Gasteiger partial charge on any atom is 0.180 e. The van der Waals surface area contributed by atoms with Crippen molar-refractivity contribution in [1.29, 1.82) is 0 Å². The van der Waals surface area contributed by atoms with E-state index in [4.69, 9.17) is 0 Å². The van der Waals surface area contributed by atoms with Crippen LogP contribution in [0.2, 0.25) is 0 Å². The Kier molecular flexibility index (Phi) is 3.80. The van der Waals surface area contributed by atoms with Gasteiger partial charge in [0.15, 0.2) is 5.78 Å². The number of aromatic nitrogens is 2. The van der Waals surface area contributed by atoms with Crippen molar-refractivity contribution in [3.63, 3.8) is 0 Å². The summed E-state index contributed by atoms with van der Waals surface area (Å²) in [5.41, 5.74) is 3.93. The number of hydrogen-bond donors (Lipinski definition) is 0. The lowest BCUT2D eigenvalue weighted by Gasteiger charge is -2.18. The standard InChI is InChI=1S/C20H22N2O/c1-14(23)19-17-12-16(15-8-6-5-7-9-15)10-11-18(17)22(21-19)13-20(2,3)4/h5-12H,13H2,1-4H3. The van der Waals surface area contributed by atoms with E-state index in [0.717, 1.165) is 28.6 Å². The van der Waals surface area contributed by atoms with Gasteiger partial charge in [0.2, 0.25) is 0 Å². The van der Waals surface area contributed by atoms with E-state index in [1.165, 1.54) is 0 Å². The fourth-order valence-electron chi connectivity index (χ4n) is 2.82. The Morgan fingerprint density at radius 2 is 1.74 bits per heavy atom. The summed E-state index contributed by atoms with van der Waals surface area (Å²) in [5.74, 6) is 0.00729. The molecule has 2 aromatic carbocycles. The maximum absolute atomic E-state index is 12.0. The van der Waals surface area contributed by atoms with Gasteiger partial charge in [-0.1, -0.05) is 57.2 Å². The van der Waals surface area contributed by atoms with Crippen LogP contribution in [0, 0.1) is 5.41 Å². The summed E-state index contributed by atoms with van der Waals surface area (Å²) in [7, 11) is 0. The van der Waals surface area contributed by atoms with Crippen LogP contribution in [0.3, 0.4) is 0 Å². The molecule has 3 aromatic rings. The minimum absolute atomic E-state index is 0.00729. The molecule has 0 atom stereocenters. The quantitative estimate of drug-likeness (QED) is 0.642. The van der Waals surface area contributed by atoms with Gasteiger partial charge in [0.05, 0.1) is 5.52 Å². The van der Waals surface area contributed by atoms with Crippen LogP contribution in [-0.4, -0.2) is 15.6 Å². The van der Waals surface area contributed by atoms with Gasteiger partial charge >= 0.3 is 0 Å². The zero-order valence-corrected chi connectivity index (χ0v) is 14.1. The van der Waals surface area contributed by atoms with Crippen LogP contribution in [0.4, 0.5) is 0 Å². The lowest BCUT2D eigenvalue weighted by molar-refractivity contribution is 0.101. The highest BCUT2D eigenvalue weighted by molar-refractivity contribution is 6.05. The van der Waals surface area contributed by atoms with Crippen LogP contribution in [0.15, 0.2) is 48.5 Å². The van der Waals surface area contributed by atoms with Crippen molar-refractivity contribution in [3.8, 4) is 11.1 Å². The molecule has 0 aliphatic rings. The second-order valence-corrected chi connectivity index (χ2v) is 7.22. The average molecular weight is 306 g/mol. The summed E-state index contributed by atoms with van der Waals surface area (Å²) in [6.07, 6.45) is 0. The van der Waals surface area contributed by atoms with E-state index in [-0.39, 0.29) is 11.2 Å². The summed E-state index contributed by atoms with van der Waals surface area (Å²) in [6.45, 7) is 8.88. The first-order valence-corrected chi connectivity index (χ1v) is 7.92. The third-order valence-corrected chi connectivity index (χ3v) is 3.82. The molecule has 118 valence electrons.